The molecule has 0 saturated heterocycles. The zero-order valence-corrected chi connectivity index (χ0v) is 66.5. The average Bonchev–Trinajstić information content (AvgIpc) is 0.902. The van der Waals surface area contributed by atoms with Crippen molar-refractivity contribution in [3.63, 3.8) is 0 Å². The van der Waals surface area contributed by atoms with Crippen molar-refractivity contribution in [1.29, 1.82) is 0 Å². The maximum Gasteiger partial charge on any atom is 0.472 e. The molecule has 0 aromatic carbocycles. The average molecular weight is 1510 g/mol. The maximum atomic E-state index is 13.1. The Hall–Kier alpha value is -6.62. The summed E-state index contributed by atoms with van der Waals surface area (Å²) in [6.45, 7) is 4.12. The van der Waals surface area contributed by atoms with Crippen LogP contribution in [0.2, 0.25) is 0 Å². The van der Waals surface area contributed by atoms with Crippen LogP contribution in [-0.2, 0) is 65.4 Å². The Morgan fingerprint density at radius 1 is 0.274 bits per heavy atom. The maximum absolute atomic E-state index is 13.1. The number of aliphatic hydroxyl groups is 1. The molecule has 0 radical (unpaired) electrons. The van der Waals surface area contributed by atoms with Gasteiger partial charge in [0.25, 0.3) is 0 Å². The molecule has 0 saturated carbocycles. The molecule has 5 unspecified atom stereocenters. The van der Waals surface area contributed by atoms with E-state index in [9.17, 15) is 43.2 Å². The first-order chi connectivity index (χ1) is 51.7. The van der Waals surface area contributed by atoms with Crippen LogP contribution in [0, 0.1) is 0 Å². The fourth-order valence-corrected chi connectivity index (χ4v) is 10.8. The van der Waals surface area contributed by atoms with Gasteiger partial charge in [-0.2, -0.15) is 0 Å². The predicted octanol–water partition coefficient (Wildman–Crippen LogP) is 22.9. The summed E-state index contributed by atoms with van der Waals surface area (Å²) in [5.41, 5.74) is 0. The third-order valence-corrected chi connectivity index (χ3v) is 16.9. The number of carbonyl (C=O) groups excluding carboxylic acids is 4. The summed E-state index contributed by atoms with van der Waals surface area (Å²) in [6, 6.07) is 0. The molecule has 0 aliphatic rings. The van der Waals surface area contributed by atoms with Gasteiger partial charge in [0.15, 0.2) is 12.2 Å². The fraction of sp³-hybridized carbons (Fsp3) is 0.540. The van der Waals surface area contributed by atoms with Crippen LogP contribution in [0.3, 0.4) is 0 Å². The second-order valence-electron chi connectivity index (χ2n) is 24.8. The van der Waals surface area contributed by atoms with Gasteiger partial charge < -0.3 is 33.8 Å². The van der Waals surface area contributed by atoms with E-state index >= 15 is 0 Å². The lowest BCUT2D eigenvalue weighted by atomic mass is 10.1. The van der Waals surface area contributed by atoms with E-state index in [4.69, 9.17) is 37.0 Å². The molecule has 0 spiro atoms. The highest BCUT2D eigenvalue weighted by molar-refractivity contribution is 7.47. The Morgan fingerprint density at radius 3 is 0.830 bits per heavy atom. The summed E-state index contributed by atoms with van der Waals surface area (Å²) in [5, 5.41) is 10.6. The molecule has 0 aliphatic carbocycles. The second kappa shape index (κ2) is 76.6. The van der Waals surface area contributed by atoms with Crippen molar-refractivity contribution in [3.05, 3.63) is 219 Å². The fourth-order valence-electron chi connectivity index (χ4n) is 9.20. The number of ether oxygens (including phenoxy) is 4. The quantitative estimate of drug-likeness (QED) is 0.0169. The molecule has 3 N–H and O–H groups in total. The van der Waals surface area contributed by atoms with E-state index in [1.807, 2.05) is 36.5 Å². The number of phosphoric ester groups is 2. The number of aliphatic hydroxyl groups excluding tert-OH is 1. The van der Waals surface area contributed by atoms with Crippen LogP contribution in [0.5, 0.6) is 0 Å². The van der Waals surface area contributed by atoms with Crippen LogP contribution in [0.15, 0.2) is 219 Å². The smallest absolute Gasteiger partial charge is 0.462 e. The number of rotatable bonds is 70. The molecule has 0 aliphatic heterocycles. The minimum atomic E-state index is -5.02. The van der Waals surface area contributed by atoms with Crippen molar-refractivity contribution in [3.8, 4) is 0 Å². The summed E-state index contributed by atoms with van der Waals surface area (Å²) < 4.78 is 68.3. The molecule has 0 rings (SSSR count). The standard InChI is InChI=1S/C87H134O17P2/c1-5-9-13-17-21-25-29-33-37-39-40-42-45-48-52-56-60-64-68-72-85(90)98-78-83(104-87(92)74-70-66-62-58-54-50-46-41-38-34-30-26-22-18-14-10-6-2)80-102-106(95,96)100-76-81(88)75-99-105(93,94)101-79-82(103-86(91)73-69-65-61-57-53-49-44-36-32-28-24-20-16-12-8-4)77-97-84(89)71-67-63-59-55-51-47-43-35-31-27-23-19-15-11-7-3/h9-16,21-28,33-38,40,42-44,46,48,50-52,55,60,63-64,67,81-83,88H,5-8,17-20,29-32,39,41,45,47,49,53-54,56-59,61-62,65-66,68-80H2,1-4H3,(H,93,94)(H,95,96)/b13-9-,14-10-,15-11-,16-12-,25-21-,26-22-,27-23-,28-24-,37-33-,38-34-,42-40-,43-35-,44-36-,50-46-,52-48-,55-51-,64-60-,67-63-. The first-order valence-electron chi connectivity index (χ1n) is 39.0. The van der Waals surface area contributed by atoms with E-state index in [0.717, 1.165) is 161 Å². The van der Waals surface area contributed by atoms with Gasteiger partial charge in [0.05, 0.1) is 32.8 Å². The summed E-state index contributed by atoms with van der Waals surface area (Å²) in [6.07, 6.45) is 96.8. The lowest BCUT2D eigenvalue weighted by Gasteiger charge is -2.21. The molecule has 0 amide bonds. The second-order valence-corrected chi connectivity index (χ2v) is 27.7. The number of phosphoric acid groups is 2. The lowest BCUT2D eigenvalue weighted by molar-refractivity contribution is -0.161. The summed E-state index contributed by atoms with van der Waals surface area (Å²) in [5.74, 6) is -2.50. The Kier molecular flexibility index (Phi) is 71.8. The van der Waals surface area contributed by atoms with Crippen molar-refractivity contribution in [1.82, 2.24) is 0 Å². The Balaban J connectivity index is 5.57. The van der Waals surface area contributed by atoms with E-state index in [2.05, 4.69) is 204 Å². The molecule has 19 heteroatoms. The van der Waals surface area contributed by atoms with Crippen molar-refractivity contribution in [2.24, 2.45) is 0 Å². The largest absolute Gasteiger partial charge is 0.472 e. The van der Waals surface area contributed by atoms with E-state index in [1.54, 1.807) is 6.08 Å². The Bertz CT molecular complexity index is 2880. The molecule has 0 heterocycles. The molecule has 594 valence electrons. The van der Waals surface area contributed by atoms with Crippen molar-refractivity contribution in [2.75, 3.05) is 39.6 Å². The van der Waals surface area contributed by atoms with Gasteiger partial charge in [0.2, 0.25) is 0 Å². The van der Waals surface area contributed by atoms with Gasteiger partial charge >= 0.3 is 39.5 Å². The van der Waals surface area contributed by atoms with Crippen molar-refractivity contribution >= 4 is 39.5 Å². The van der Waals surface area contributed by atoms with Gasteiger partial charge in [-0.05, 0) is 161 Å². The van der Waals surface area contributed by atoms with Gasteiger partial charge in [-0.1, -0.05) is 279 Å². The Morgan fingerprint density at radius 2 is 0.519 bits per heavy atom. The van der Waals surface area contributed by atoms with Crippen LogP contribution in [0.4, 0.5) is 0 Å². The molecular weight excluding hydrogens is 1380 g/mol. The topological polar surface area (TPSA) is 237 Å². The van der Waals surface area contributed by atoms with Crippen molar-refractivity contribution < 1.29 is 80.2 Å². The van der Waals surface area contributed by atoms with E-state index < -0.39 is 97.5 Å². The predicted molar refractivity (Wildman–Crippen MR) is 435 cm³/mol. The van der Waals surface area contributed by atoms with Crippen LogP contribution in [0.1, 0.15) is 246 Å². The normalized spacial score (nSPS) is 15.0. The molecule has 0 aromatic rings. The minimum Gasteiger partial charge on any atom is -0.462 e. The molecule has 0 aromatic heterocycles. The number of hydrogen-bond donors (Lipinski definition) is 3. The molecule has 5 atom stereocenters. The van der Waals surface area contributed by atoms with Gasteiger partial charge in [-0.15, -0.1) is 0 Å². The van der Waals surface area contributed by atoms with Gasteiger partial charge in [0.1, 0.15) is 19.3 Å². The lowest BCUT2D eigenvalue weighted by Crippen LogP contribution is -2.30. The number of unbranched alkanes of at least 4 members (excludes halogenated alkanes) is 9. The first kappa shape index (κ1) is 99.4. The van der Waals surface area contributed by atoms with Gasteiger partial charge in [0, 0.05) is 19.3 Å². The van der Waals surface area contributed by atoms with Gasteiger partial charge in [-0.3, -0.25) is 37.3 Å². The molecular formula is C87H134O17P2. The molecule has 106 heavy (non-hydrogen) atoms. The number of hydrogen-bond acceptors (Lipinski definition) is 15. The monoisotopic (exact) mass is 1510 g/mol. The SMILES string of the molecule is CC/C=C\C/C=C\C/C=C\C/C=C\C/C=C\C/C=C\CCC(=O)OCC(COP(=O)(O)OCC(O)COP(=O)(O)OCC(COC(=O)C/C=C\C/C=C\C/C=C\C/C=C\C/C=C\CC)OC(=O)CCCCCCC/C=C\C/C=C\C/C=C\CC)OC(=O)CCCCCC/C=C\C/C=C\C/C=C\C/C=C\CC. The summed E-state index contributed by atoms with van der Waals surface area (Å²) >= 11 is 0. The van der Waals surface area contributed by atoms with Crippen LogP contribution < -0.4 is 0 Å². The number of carbonyl (C=O) groups is 4. The minimum absolute atomic E-state index is 0.0186. The van der Waals surface area contributed by atoms with Crippen LogP contribution in [0.25, 0.3) is 0 Å². The number of allylic oxidation sites excluding steroid dienone is 35. The van der Waals surface area contributed by atoms with Crippen LogP contribution in [-0.4, -0.2) is 96.7 Å². The van der Waals surface area contributed by atoms with E-state index in [-0.39, 0.29) is 25.7 Å². The Labute approximate surface area is 639 Å². The third-order valence-electron chi connectivity index (χ3n) is 15.0. The van der Waals surface area contributed by atoms with Gasteiger partial charge in [-0.25, -0.2) is 9.13 Å². The highest BCUT2D eigenvalue weighted by atomic mass is 31.2. The van der Waals surface area contributed by atoms with Crippen LogP contribution >= 0.6 is 15.6 Å². The number of esters is 4. The zero-order chi connectivity index (χ0) is 77.4. The van der Waals surface area contributed by atoms with E-state index in [1.165, 1.54) is 0 Å². The molecule has 0 fully saturated rings. The highest BCUT2D eigenvalue weighted by Gasteiger charge is 2.30. The molecule has 0 bridgehead atoms. The highest BCUT2D eigenvalue weighted by Crippen LogP contribution is 2.45. The third kappa shape index (κ3) is 75.6. The first-order valence-corrected chi connectivity index (χ1v) is 42.0. The molecule has 17 nitrogen and oxygen atoms in total. The summed E-state index contributed by atoms with van der Waals surface area (Å²) in [7, 11) is -10.0. The van der Waals surface area contributed by atoms with Crippen molar-refractivity contribution in [2.45, 2.75) is 264 Å². The van der Waals surface area contributed by atoms with E-state index in [0.29, 0.717) is 32.1 Å². The summed E-state index contributed by atoms with van der Waals surface area (Å²) in [4.78, 5) is 72.9. The zero-order valence-electron chi connectivity index (χ0n) is 64.8.